The highest BCUT2D eigenvalue weighted by atomic mass is 16.5. The van der Waals surface area contributed by atoms with Crippen LogP contribution in [0.15, 0.2) is 12.1 Å². The Hall–Kier alpha value is -2.08. The molecular formula is C13H14N3O3-. The van der Waals surface area contributed by atoms with Crippen molar-refractivity contribution in [2.24, 2.45) is 0 Å². The van der Waals surface area contributed by atoms with E-state index in [2.05, 4.69) is 14.9 Å². The zero-order valence-electron chi connectivity index (χ0n) is 10.6. The van der Waals surface area contributed by atoms with Crippen molar-refractivity contribution in [1.82, 2.24) is 9.97 Å². The van der Waals surface area contributed by atoms with Crippen LogP contribution in [0.3, 0.4) is 0 Å². The van der Waals surface area contributed by atoms with Gasteiger partial charge in [-0.2, -0.15) is 0 Å². The van der Waals surface area contributed by atoms with Crippen molar-refractivity contribution < 1.29 is 14.6 Å². The minimum absolute atomic E-state index is 0.128. The van der Waals surface area contributed by atoms with E-state index in [1.54, 1.807) is 13.0 Å². The predicted octanol–water partition coefficient (Wildman–Crippen LogP) is 0.0714. The summed E-state index contributed by atoms with van der Waals surface area (Å²) in [6, 6.07) is 3.55. The molecule has 1 saturated heterocycles. The number of aromatic carboxylic acids is 1. The van der Waals surface area contributed by atoms with Crippen LogP contribution in [0.2, 0.25) is 0 Å². The normalized spacial score (nSPS) is 15.9. The van der Waals surface area contributed by atoms with Gasteiger partial charge in [-0.15, -0.1) is 0 Å². The van der Waals surface area contributed by atoms with Crippen LogP contribution < -0.4 is 10.0 Å². The number of hydrogen-bond donors (Lipinski definition) is 1. The molecule has 1 N–H and O–H groups in total. The van der Waals surface area contributed by atoms with E-state index < -0.39 is 5.97 Å². The van der Waals surface area contributed by atoms with Crippen molar-refractivity contribution in [3.63, 3.8) is 0 Å². The number of carbonyl (C=O) groups is 1. The van der Waals surface area contributed by atoms with Gasteiger partial charge >= 0.3 is 0 Å². The lowest BCUT2D eigenvalue weighted by Gasteiger charge is -2.29. The number of hydrogen-bond acceptors (Lipinski definition) is 5. The summed E-state index contributed by atoms with van der Waals surface area (Å²) in [5.74, 6) is -0.511. The van der Waals surface area contributed by atoms with Crippen molar-refractivity contribution in [1.29, 1.82) is 0 Å². The van der Waals surface area contributed by atoms with Gasteiger partial charge in [0.2, 0.25) is 0 Å². The Kier molecular flexibility index (Phi) is 2.87. The van der Waals surface area contributed by atoms with E-state index in [-0.39, 0.29) is 5.56 Å². The molecule has 0 spiro atoms. The fraction of sp³-hybridized carbons (Fsp3) is 0.385. The first-order chi connectivity index (χ1) is 9.15. The zero-order chi connectivity index (χ0) is 13.4. The van der Waals surface area contributed by atoms with E-state index in [1.165, 1.54) is 0 Å². The van der Waals surface area contributed by atoms with Crippen molar-refractivity contribution in [3.8, 4) is 0 Å². The molecule has 0 aliphatic carbocycles. The number of fused-ring (bicyclic) bond motifs is 1. The fourth-order valence-electron chi connectivity index (χ4n) is 2.39. The average Bonchev–Trinajstić information content (AvgIpc) is 2.78. The van der Waals surface area contributed by atoms with Gasteiger partial charge in [-0.3, -0.25) is 0 Å². The van der Waals surface area contributed by atoms with Gasteiger partial charge in [0, 0.05) is 24.3 Å². The molecular weight excluding hydrogens is 246 g/mol. The van der Waals surface area contributed by atoms with Crippen LogP contribution in [0.25, 0.3) is 11.0 Å². The first kappa shape index (κ1) is 12.0. The van der Waals surface area contributed by atoms with Crippen molar-refractivity contribution in [3.05, 3.63) is 23.5 Å². The molecule has 1 fully saturated rings. The summed E-state index contributed by atoms with van der Waals surface area (Å²) in [5, 5.41) is 11.3. The van der Waals surface area contributed by atoms with Gasteiger partial charge in [0.1, 0.15) is 5.82 Å². The van der Waals surface area contributed by atoms with Gasteiger partial charge in [0.15, 0.2) is 0 Å². The number of anilines is 1. The molecule has 1 aromatic heterocycles. The van der Waals surface area contributed by atoms with E-state index in [4.69, 9.17) is 4.74 Å². The highest BCUT2D eigenvalue weighted by molar-refractivity contribution is 6.01. The number of nitrogens with zero attached hydrogens (tertiary/aromatic N) is 2. The lowest BCUT2D eigenvalue weighted by molar-refractivity contribution is -0.254. The molecule has 1 aliphatic heterocycles. The number of H-pyrrole nitrogens is 1. The highest BCUT2D eigenvalue weighted by Crippen LogP contribution is 2.25. The summed E-state index contributed by atoms with van der Waals surface area (Å²) < 4.78 is 5.30. The van der Waals surface area contributed by atoms with Crippen LogP contribution in [-0.4, -0.2) is 42.2 Å². The van der Waals surface area contributed by atoms with E-state index >= 15 is 0 Å². The number of rotatable bonds is 2. The molecule has 0 amide bonds. The molecule has 100 valence electrons. The minimum Gasteiger partial charge on any atom is -0.545 e. The third kappa shape index (κ3) is 2.15. The molecule has 0 saturated carbocycles. The maximum Gasteiger partial charge on any atom is 0.104 e. The van der Waals surface area contributed by atoms with E-state index in [0.717, 1.165) is 24.3 Å². The molecule has 19 heavy (non-hydrogen) atoms. The number of benzene rings is 1. The smallest absolute Gasteiger partial charge is 0.104 e. The standard InChI is InChI=1S/C13H15N3O3/c1-8-14-11-7-9(16-2-4-19-5-3-16)6-10(13(17)18)12(11)15-8/h6-7H,2-5H2,1H3,(H,14,15)(H,17,18)/p-1. The van der Waals surface area contributed by atoms with Gasteiger partial charge in [-0.05, 0) is 19.1 Å². The molecule has 6 nitrogen and oxygen atoms in total. The van der Waals surface area contributed by atoms with Crippen LogP contribution >= 0.6 is 0 Å². The van der Waals surface area contributed by atoms with Crippen molar-refractivity contribution >= 4 is 22.7 Å². The number of aromatic amines is 1. The lowest BCUT2D eigenvalue weighted by atomic mass is 10.1. The Bertz CT molecular complexity index is 629. The second-order valence-electron chi connectivity index (χ2n) is 4.60. The van der Waals surface area contributed by atoms with E-state index in [9.17, 15) is 9.90 Å². The maximum atomic E-state index is 11.3. The number of carboxylic acid groups (broad SMARTS) is 1. The minimum atomic E-state index is -1.20. The second-order valence-corrected chi connectivity index (χ2v) is 4.60. The van der Waals surface area contributed by atoms with Gasteiger partial charge in [-0.25, -0.2) is 4.98 Å². The molecule has 3 rings (SSSR count). The molecule has 0 atom stereocenters. The SMILES string of the molecule is Cc1nc2c(C(=O)[O-])cc(N3CCOCC3)cc2[nH]1. The summed E-state index contributed by atoms with van der Waals surface area (Å²) in [4.78, 5) is 20.6. The summed E-state index contributed by atoms with van der Waals surface area (Å²) in [6.07, 6.45) is 0. The van der Waals surface area contributed by atoms with Gasteiger partial charge in [-0.1, -0.05) is 0 Å². The summed E-state index contributed by atoms with van der Waals surface area (Å²) in [5.41, 5.74) is 2.16. The number of morpholine rings is 1. The molecule has 0 radical (unpaired) electrons. The zero-order valence-corrected chi connectivity index (χ0v) is 10.6. The third-order valence-corrected chi connectivity index (χ3v) is 3.29. The summed E-state index contributed by atoms with van der Waals surface area (Å²) in [6.45, 7) is 4.62. The molecule has 1 aliphatic rings. The van der Waals surface area contributed by atoms with E-state index in [1.807, 2.05) is 6.07 Å². The number of nitrogens with one attached hydrogen (secondary N) is 1. The van der Waals surface area contributed by atoms with Crippen LogP contribution in [0, 0.1) is 6.92 Å². The first-order valence-electron chi connectivity index (χ1n) is 6.19. The summed E-state index contributed by atoms with van der Waals surface area (Å²) in [7, 11) is 0. The Morgan fingerprint density at radius 3 is 2.84 bits per heavy atom. The topological polar surface area (TPSA) is 81.3 Å². The van der Waals surface area contributed by atoms with Crippen LogP contribution in [0.1, 0.15) is 16.2 Å². The average molecular weight is 260 g/mol. The predicted molar refractivity (Wildman–Crippen MR) is 68.2 cm³/mol. The number of carboxylic acids is 1. The van der Waals surface area contributed by atoms with Gasteiger partial charge < -0.3 is 24.5 Å². The number of aryl methyl sites for hydroxylation is 1. The first-order valence-corrected chi connectivity index (χ1v) is 6.19. The monoisotopic (exact) mass is 260 g/mol. The lowest BCUT2D eigenvalue weighted by Crippen LogP contribution is -2.36. The van der Waals surface area contributed by atoms with Crippen LogP contribution in [-0.2, 0) is 4.74 Å². The molecule has 1 aromatic carbocycles. The van der Waals surface area contributed by atoms with E-state index in [0.29, 0.717) is 24.6 Å². The summed E-state index contributed by atoms with van der Waals surface area (Å²) >= 11 is 0. The van der Waals surface area contributed by atoms with Crippen molar-refractivity contribution in [2.45, 2.75) is 6.92 Å². The molecule has 2 heterocycles. The molecule has 6 heteroatoms. The Morgan fingerprint density at radius 2 is 2.16 bits per heavy atom. The Labute approximate surface area is 110 Å². The van der Waals surface area contributed by atoms with Crippen LogP contribution in [0.4, 0.5) is 5.69 Å². The largest absolute Gasteiger partial charge is 0.545 e. The third-order valence-electron chi connectivity index (χ3n) is 3.29. The molecule has 2 aromatic rings. The molecule has 0 bridgehead atoms. The maximum absolute atomic E-state index is 11.3. The quantitative estimate of drug-likeness (QED) is 0.826. The fourth-order valence-corrected chi connectivity index (χ4v) is 2.39. The number of carbonyl (C=O) groups excluding carboxylic acids is 1. The molecule has 0 unspecified atom stereocenters. The Morgan fingerprint density at radius 1 is 1.42 bits per heavy atom. The second kappa shape index (κ2) is 4.55. The van der Waals surface area contributed by atoms with Crippen molar-refractivity contribution in [2.75, 3.05) is 31.2 Å². The number of ether oxygens (including phenoxy) is 1. The number of imidazole rings is 1. The Balaban J connectivity index is 2.12. The number of aromatic nitrogens is 2. The van der Waals surface area contributed by atoms with Gasteiger partial charge in [0.25, 0.3) is 0 Å². The van der Waals surface area contributed by atoms with Gasteiger partial charge in [0.05, 0.1) is 30.2 Å². The van der Waals surface area contributed by atoms with Crippen LogP contribution in [0.5, 0.6) is 0 Å². The highest BCUT2D eigenvalue weighted by Gasteiger charge is 2.15.